The fourth-order valence-corrected chi connectivity index (χ4v) is 2.22. The van der Waals surface area contributed by atoms with Crippen molar-refractivity contribution < 1.29 is 4.79 Å². The third-order valence-electron chi connectivity index (χ3n) is 2.15. The van der Waals surface area contributed by atoms with Crippen LogP contribution in [0.15, 0.2) is 0 Å². The normalized spacial score (nSPS) is 25.9. The second-order valence-corrected chi connectivity index (χ2v) is 5.35. The monoisotopic (exact) mass is 201 g/mol. The summed E-state index contributed by atoms with van der Waals surface area (Å²) >= 11 is 1.74. The molecule has 0 aromatic rings. The highest BCUT2D eigenvalue weighted by atomic mass is 32.2. The van der Waals surface area contributed by atoms with E-state index in [1.54, 1.807) is 11.8 Å². The first-order valence-corrected chi connectivity index (χ1v) is 5.64. The zero-order chi connectivity index (χ0) is 9.90. The Morgan fingerprint density at radius 1 is 1.69 bits per heavy atom. The summed E-state index contributed by atoms with van der Waals surface area (Å²) in [6, 6.07) is -0.163. The second kappa shape index (κ2) is 4.33. The molecule has 1 unspecified atom stereocenters. The number of thioether (sulfide) groups is 1. The minimum absolute atomic E-state index is 0.0299. The molecule has 75 valence electrons. The number of hydrogen-bond donors (Lipinski definition) is 1. The van der Waals surface area contributed by atoms with Crippen LogP contribution in [0.2, 0.25) is 0 Å². The van der Waals surface area contributed by atoms with E-state index in [-0.39, 0.29) is 16.7 Å². The van der Waals surface area contributed by atoms with Crippen molar-refractivity contribution in [2.24, 2.45) is 0 Å². The van der Waals surface area contributed by atoms with Crippen LogP contribution in [-0.4, -0.2) is 29.1 Å². The van der Waals surface area contributed by atoms with E-state index in [0.29, 0.717) is 0 Å². The van der Waals surface area contributed by atoms with Gasteiger partial charge in [-0.05, 0) is 20.3 Å². The lowest BCUT2D eigenvalue weighted by molar-refractivity contribution is -0.123. The molecule has 1 atom stereocenters. The summed E-state index contributed by atoms with van der Waals surface area (Å²) in [5, 5.41) is 7.18. The number of carbonyl (C=O) groups is 1. The van der Waals surface area contributed by atoms with Crippen LogP contribution in [0.4, 0.5) is 0 Å². The highest BCUT2D eigenvalue weighted by Gasteiger charge is 2.40. The van der Waals surface area contributed by atoms with Gasteiger partial charge in [-0.1, -0.05) is 6.92 Å². The number of rotatable bonds is 3. The molecule has 1 aliphatic heterocycles. The lowest BCUT2D eigenvalue weighted by atomic mass is 10.0. The Morgan fingerprint density at radius 3 is 2.85 bits per heavy atom. The topological polar surface area (TPSA) is 43.2 Å². The van der Waals surface area contributed by atoms with E-state index in [1.165, 1.54) is 0 Å². The lowest BCUT2D eigenvalue weighted by Crippen LogP contribution is -2.47. The van der Waals surface area contributed by atoms with Crippen molar-refractivity contribution in [3.05, 3.63) is 0 Å². The van der Waals surface area contributed by atoms with E-state index in [9.17, 15) is 4.79 Å². The van der Waals surface area contributed by atoms with Crippen LogP contribution in [0, 0.1) is 0 Å². The molecule has 0 aromatic carbocycles. The molecule has 1 rings (SSSR count). The van der Waals surface area contributed by atoms with Gasteiger partial charge in [0.2, 0.25) is 5.91 Å². The third-order valence-corrected chi connectivity index (χ3v) is 3.40. The van der Waals surface area contributed by atoms with Gasteiger partial charge in [-0.3, -0.25) is 4.79 Å². The third kappa shape index (κ3) is 2.61. The van der Waals surface area contributed by atoms with Crippen LogP contribution in [-0.2, 0) is 4.79 Å². The van der Waals surface area contributed by atoms with Crippen molar-refractivity contribution in [1.29, 1.82) is 0 Å². The van der Waals surface area contributed by atoms with Gasteiger partial charge in [0.1, 0.15) is 6.04 Å². The lowest BCUT2D eigenvalue weighted by Gasteiger charge is -2.23. The summed E-state index contributed by atoms with van der Waals surface area (Å²) in [6.45, 7) is 6.95. The molecule has 0 aliphatic carbocycles. The standard InChI is InChI=1S/C9H17N2OS/c1-4-5-10-8(12)7-9(2,3)13-6-11-7/h7H,4-6H2,1-3H3,(H,10,12). The molecule has 0 bridgehead atoms. The Kier molecular flexibility index (Phi) is 3.62. The van der Waals surface area contributed by atoms with E-state index in [0.717, 1.165) is 18.8 Å². The minimum Gasteiger partial charge on any atom is -0.355 e. The van der Waals surface area contributed by atoms with Gasteiger partial charge in [-0.2, -0.15) is 0 Å². The molecular weight excluding hydrogens is 184 g/mol. The van der Waals surface area contributed by atoms with Gasteiger partial charge in [0.05, 0.1) is 5.88 Å². The van der Waals surface area contributed by atoms with Crippen molar-refractivity contribution in [3.8, 4) is 0 Å². The largest absolute Gasteiger partial charge is 0.355 e. The molecule has 1 aliphatic rings. The zero-order valence-electron chi connectivity index (χ0n) is 8.46. The highest BCUT2D eigenvalue weighted by molar-refractivity contribution is 8.00. The molecule has 0 saturated carbocycles. The maximum Gasteiger partial charge on any atom is 0.240 e. The van der Waals surface area contributed by atoms with Crippen LogP contribution in [0.5, 0.6) is 0 Å². The summed E-state index contributed by atoms with van der Waals surface area (Å²) in [5.74, 6) is 0.828. The first-order chi connectivity index (χ1) is 6.08. The van der Waals surface area contributed by atoms with Crippen LogP contribution in [0.25, 0.3) is 0 Å². The number of amides is 1. The molecule has 13 heavy (non-hydrogen) atoms. The molecule has 1 radical (unpaired) electrons. The van der Waals surface area contributed by atoms with Gasteiger partial charge in [0.25, 0.3) is 0 Å². The van der Waals surface area contributed by atoms with E-state index >= 15 is 0 Å². The highest BCUT2D eigenvalue weighted by Crippen LogP contribution is 2.33. The summed E-state index contributed by atoms with van der Waals surface area (Å²) in [7, 11) is 0. The van der Waals surface area contributed by atoms with Crippen molar-refractivity contribution in [2.45, 2.75) is 38.0 Å². The quantitative estimate of drug-likeness (QED) is 0.739. The van der Waals surface area contributed by atoms with Crippen molar-refractivity contribution in [2.75, 3.05) is 12.4 Å². The minimum atomic E-state index is -0.163. The fourth-order valence-electron chi connectivity index (χ4n) is 1.32. The van der Waals surface area contributed by atoms with Gasteiger partial charge >= 0.3 is 0 Å². The molecular formula is C9H17N2OS. The molecule has 1 fully saturated rings. The van der Waals surface area contributed by atoms with Crippen LogP contribution in [0.1, 0.15) is 27.2 Å². The van der Waals surface area contributed by atoms with Gasteiger partial charge in [-0.25, -0.2) is 5.32 Å². The summed E-state index contributed by atoms with van der Waals surface area (Å²) < 4.78 is -0.0299. The predicted molar refractivity (Wildman–Crippen MR) is 55.8 cm³/mol. The molecule has 3 nitrogen and oxygen atoms in total. The number of hydrogen-bond acceptors (Lipinski definition) is 2. The van der Waals surface area contributed by atoms with Crippen molar-refractivity contribution in [1.82, 2.24) is 10.6 Å². The van der Waals surface area contributed by atoms with E-state index in [2.05, 4.69) is 24.5 Å². The predicted octanol–water partition coefficient (Wildman–Crippen LogP) is 0.968. The van der Waals surface area contributed by atoms with Crippen LogP contribution in [0.3, 0.4) is 0 Å². The molecule has 1 N–H and O–H groups in total. The summed E-state index contributed by atoms with van der Waals surface area (Å²) in [5.41, 5.74) is 0. The van der Waals surface area contributed by atoms with Gasteiger partial charge in [-0.15, -0.1) is 11.8 Å². The SMILES string of the molecule is CCCNC(=O)C1[N]CSC1(C)C. The first kappa shape index (κ1) is 10.9. The fraction of sp³-hybridized carbons (Fsp3) is 0.889. The van der Waals surface area contributed by atoms with Crippen LogP contribution >= 0.6 is 11.8 Å². The second-order valence-electron chi connectivity index (χ2n) is 3.75. The smallest absolute Gasteiger partial charge is 0.240 e. The molecule has 1 amide bonds. The average Bonchev–Trinajstić information content (AvgIpc) is 2.41. The van der Waals surface area contributed by atoms with Crippen molar-refractivity contribution in [3.63, 3.8) is 0 Å². The van der Waals surface area contributed by atoms with E-state index in [1.807, 2.05) is 6.92 Å². The average molecular weight is 201 g/mol. The van der Waals surface area contributed by atoms with Crippen molar-refractivity contribution >= 4 is 17.7 Å². The molecule has 0 aromatic heterocycles. The van der Waals surface area contributed by atoms with E-state index in [4.69, 9.17) is 0 Å². The number of carbonyl (C=O) groups excluding carboxylic acids is 1. The van der Waals surface area contributed by atoms with Gasteiger partial charge in [0.15, 0.2) is 0 Å². The number of nitrogens with zero attached hydrogens (tertiary/aromatic N) is 1. The molecule has 0 spiro atoms. The Labute approximate surface area is 84.0 Å². The Hall–Kier alpha value is -0.220. The molecule has 1 saturated heterocycles. The van der Waals surface area contributed by atoms with Crippen LogP contribution < -0.4 is 10.6 Å². The summed E-state index contributed by atoms with van der Waals surface area (Å²) in [6.07, 6.45) is 0.978. The maximum absolute atomic E-state index is 11.6. The van der Waals surface area contributed by atoms with E-state index < -0.39 is 0 Å². The number of nitrogens with one attached hydrogen (secondary N) is 1. The Morgan fingerprint density at radius 2 is 2.38 bits per heavy atom. The Bertz CT molecular complexity index is 194. The Balaban J connectivity index is 2.46. The van der Waals surface area contributed by atoms with Gasteiger partial charge in [0, 0.05) is 11.3 Å². The zero-order valence-corrected chi connectivity index (χ0v) is 9.28. The molecule has 4 heteroatoms. The first-order valence-electron chi connectivity index (χ1n) is 4.66. The molecule has 1 heterocycles. The maximum atomic E-state index is 11.6. The summed E-state index contributed by atoms with van der Waals surface area (Å²) in [4.78, 5) is 11.6. The van der Waals surface area contributed by atoms with Gasteiger partial charge < -0.3 is 5.32 Å².